The molecule has 0 aliphatic heterocycles. The van der Waals surface area contributed by atoms with Crippen molar-refractivity contribution in [3.63, 3.8) is 0 Å². The summed E-state index contributed by atoms with van der Waals surface area (Å²) >= 11 is 0. The summed E-state index contributed by atoms with van der Waals surface area (Å²) in [6.45, 7) is 8.77. The van der Waals surface area contributed by atoms with Crippen molar-refractivity contribution in [3.8, 4) is 0 Å². The fourth-order valence-corrected chi connectivity index (χ4v) is 2.14. The zero-order chi connectivity index (χ0) is 17.5. The molecule has 0 aromatic rings. The third kappa shape index (κ3) is 11.8. The Morgan fingerprint density at radius 3 is 1.74 bits per heavy atom. The van der Waals surface area contributed by atoms with E-state index in [1.807, 2.05) is 13.8 Å². The van der Waals surface area contributed by atoms with Crippen LogP contribution in [0.5, 0.6) is 0 Å². The molecule has 0 N–H and O–H groups in total. The first-order valence-electron chi connectivity index (χ1n) is 9.02. The second-order valence-electron chi connectivity index (χ2n) is 6.13. The molecule has 0 radical (unpaired) electrons. The third-order valence-corrected chi connectivity index (χ3v) is 3.66. The van der Waals surface area contributed by atoms with E-state index in [0.29, 0.717) is 18.8 Å². The van der Waals surface area contributed by atoms with E-state index in [4.69, 9.17) is 9.47 Å². The van der Waals surface area contributed by atoms with E-state index in [-0.39, 0.29) is 18.4 Å². The molecule has 0 amide bonds. The predicted molar refractivity (Wildman–Crippen MR) is 93.2 cm³/mol. The normalized spacial score (nSPS) is 10.3. The van der Waals surface area contributed by atoms with Crippen molar-refractivity contribution in [2.75, 3.05) is 13.2 Å². The van der Waals surface area contributed by atoms with E-state index >= 15 is 0 Å². The van der Waals surface area contributed by atoms with E-state index < -0.39 is 0 Å². The average Bonchev–Trinajstić information content (AvgIpc) is 2.51. The molecule has 0 atom stereocenters. The summed E-state index contributed by atoms with van der Waals surface area (Å²) in [5.74, 6) is -0.731. The number of ether oxygens (including phenoxy) is 2. The Hall–Kier alpha value is -1.32. The minimum absolute atomic E-state index is 0.00387. The van der Waals surface area contributed by atoms with E-state index in [1.165, 1.54) is 0 Å². The molecule has 0 saturated carbocycles. The van der Waals surface area contributed by atoms with Crippen LogP contribution in [0.1, 0.15) is 85.5 Å². The number of hydrogen-bond donors (Lipinski definition) is 0. The number of rotatable bonds is 13. The van der Waals surface area contributed by atoms with Crippen molar-refractivity contribution in [1.82, 2.24) is 0 Å². The van der Waals surface area contributed by atoms with Crippen LogP contribution in [0.3, 0.4) is 0 Å². The SMILES string of the molecule is CCCCCCOC(=O)CC(C(=O)OCCCCCC)=C(C)C. The van der Waals surface area contributed by atoms with Crippen molar-refractivity contribution in [3.05, 3.63) is 11.1 Å². The van der Waals surface area contributed by atoms with Gasteiger partial charge in [0.1, 0.15) is 0 Å². The number of allylic oxidation sites excluding steroid dienone is 1. The van der Waals surface area contributed by atoms with E-state index in [0.717, 1.165) is 56.9 Å². The zero-order valence-corrected chi connectivity index (χ0v) is 15.4. The molecule has 0 aliphatic carbocycles. The highest BCUT2D eigenvalue weighted by atomic mass is 16.5. The van der Waals surface area contributed by atoms with Gasteiger partial charge in [-0.15, -0.1) is 0 Å². The molecule has 0 heterocycles. The number of unbranched alkanes of at least 4 members (excludes halogenated alkanes) is 6. The number of carbonyl (C=O) groups is 2. The molecule has 0 saturated heterocycles. The van der Waals surface area contributed by atoms with Crippen molar-refractivity contribution < 1.29 is 19.1 Å². The molecule has 0 aliphatic rings. The second-order valence-corrected chi connectivity index (χ2v) is 6.13. The van der Waals surface area contributed by atoms with Crippen LogP contribution in [0.15, 0.2) is 11.1 Å². The molecule has 0 rings (SSSR count). The summed E-state index contributed by atoms with van der Waals surface area (Å²) in [6.07, 6.45) is 8.50. The Bertz CT molecular complexity index is 368. The minimum atomic E-state index is -0.385. The smallest absolute Gasteiger partial charge is 0.334 e. The van der Waals surface area contributed by atoms with Gasteiger partial charge in [-0.05, 0) is 26.7 Å². The molecule has 0 spiro atoms. The summed E-state index contributed by atoms with van der Waals surface area (Å²) in [6, 6.07) is 0. The van der Waals surface area contributed by atoms with Gasteiger partial charge in [-0.1, -0.05) is 57.9 Å². The first-order chi connectivity index (χ1) is 11.0. The van der Waals surface area contributed by atoms with Gasteiger partial charge in [-0.2, -0.15) is 0 Å². The summed E-state index contributed by atoms with van der Waals surface area (Å²) < 4.78 is 10.5. The lowest BCUT2D eigenvalue weighted by Crippen LogP contribution is -2.16. The van der Waals surface area contributed by atoms with E-state index in [2.05, 4.69) is 13.8 Å². The first-order valence-corrected chi connectivity index (χ1v) is 9.02. The Morgan fingerprint density at radius 2 is 1.26 bits per heavy atom. The maximum Gasteiger partial charge on any atom is 0.334 e. The molecule has 134 valence electrons. The van der Waals surface area contributed by atoms with Gasteiger partial charge in [-0.25, -0.2) is 4.79 Å². The second kappa shape index (κ2) is 14.3. The average molecular weight is 326 g/mol. The number of carbonyl (C=O) groups excluding carboxylic acids is 2. The third-order valence-electron chi connectivity index (χ3n) is 3.66. The predicted octanol–water partition coefficient (Wildman–Crippen LogP) is 4.96. The fraction of sp³-hybridized carbons (Fsp3) is 0.789. The molecule has 4 heteroatoms. The molecule has 0 aromatic carbocycles. The van der Waals surface area contributed by atoms with E-state index in [9.17, 15) is 9.59 Å². The Morgan fingerprint density at radius 1 is 0.739 bits per heavy atom. The van der Waals surface area contributed by atoms with Crippen molar-refractivity contribution in [2.45, 2.75) is 85.5 Å². The summed E-state index contributed by atoms with van der Waals surface area (Å²) in [5, 5.41) is 0. The quantitative estimate of drug-likeness (QED) is 0.273. The molecule has 4 nitrogen and oxygen atoms in total. The van der Waals surface area contributed by atoms with Gasteiger partial charge in [0.15, 0.2) is 0 Å². The molecule has 0 aromatic heterocycles. The standard InChI is InChI=1S/C19H34O4/c1-5-7-9-11-13-22-18(20)15-17(16(3)4)19(21)23-14-12-10-8-6-2/h5-15H2,1-4H3. The van der Waals surface area contributed by atoms with Crippen LogP contribution >= 0.6 is 0 Å². The van der Waals surface area contributed by atoms with Gasteiger partial charge in [-0.3, -0.25) is 4.79 Å². The topological polar surface area (TPSA) is 52.6 Å². The molecular weight excluding hydrogens is 292 g/mol. The maximum atomic E-state index is 12.1. The first kappa shape index (κ1) is 21.7. The monoisotopic (exact) mass is 326 g/mol. The summed E-state index contributed by atoms with van der Waals surface area (Å²) in [7, 11) is 0. The van der Waals surface area contributed by atoms with Gasteiger partial charge in [0.25, 0.3) is 0 Å². The van der Waals surface area contributed by atoms with Crippen LogP contribution in [0.2, 0.25) is 0 Å². The Labute approximate surface area is 141 Å². The highest BCUT2D eigenvalue weighted by Gasteiger charge is 2.17. The van der Waals surface area contributed by atoms with Gasteiger partial charge >= 0.3 is 11.9 Å². The highest BCUT2D eigenvalue weighted by Crippen LogP contribution is 2.13. The molecular formula is C19H34O4. The van der Waals surface area contributed by atoms with Crippen molar-refractivity contribution in [2.24, 2.45) is 0 Å². The Kier molecular flexibility index (Phi) is 13.5. The molecule has 0 bridgehead atoms. The number of hydrogen-bond acceptors (Lipinski definition) is 4. The highest BCUT2D eigenvalue weighted by molar-refractivity contribution is 5.94. The fourth-order valence-electron chi connectivity index (χ4n) is 2.14. The molecule has 0 fully saturated rings. The van der Waals surface area contributed by atoms with E-state index in [1.54, 1.807) is 0 Å². The van der Waals surface area contributed by atoms with Gasteiger partial charge < -0.3 is 9.47 Å². The van der Waals surface area contributed by atoms with Crippen LogP contribution in [0, 0.1) is 0 Å². The van der Waals surface area contributed by atoms with Crippen LogP contribution in [0.25, 0.3) is 0 Å². The maximum absolute atomic E-state index is 12.1. The van der Waals surface area contributed by atoms with Gasteiger partial charge in [0, 0.05) is 5.57 Å². The lowest BCUT2D eigenvalue weighted by molar-refractivity contribution is -0.146. The van der Waals surface area contributed by atoms with Crippen LogP contribution in [-0.4, -0.2) is 25.2 Å². The lowest BCUT2D eigenvalue weighted by Gasteiger charge is -2.10. The van der Waals surface area contributed by atoms with Gasteiger partial charge in [0.2, 0.25) is 0 Å². The van der Waals surface area contributed by atoms with Crippen molar-refractivity contribution >= 4 is 11.9 Å². The van der Waals surface area contributed by atoms with Gasteiger partial charge in [0.05, 0.1) is 19.6 Å². The Balaban J connectivity index is 4.13. The minimum Gasteiger partial charge on any atom is -0.465 e. The zero-order valence-electron chi connectivity index (χ0n) is 15.4. The largest absolute Gasteiger partial charge is 0.465 e. The van der Waals surface area contributed by atoms with Crippen LogP contribution in [0.4, 0.5) is 0 Å². The number of esters is 2. The summed E-state index contributed by atoms with van der Waals surface area (Å²) in [4.78, 5) is 23.9. The lowest BCUT2D eigenvalue weighted by atomic mass is 10.1. The van der Waals surface area contributed by atoms with Crippen LogP contribution in [-0.2, 0) is 19.1 Å². The summed E-state index contributed by atoms with van der Waals surface area (Å²) in [5.41, 5.74) is 1.24. The molecule has 23 heavy (non-hydrogen) atoms. The van der Waals surface area contributed by atoms with Crippen molar-refractivity contribution in [1.29, 1.82) is 0 Å². The van der Waals surface area contributed by atoms with Crippen LogP contribution < -0.4 is 0 Å². The molecule has 0 unspecified atom stereocenters.